The molecular formula is C27H24F2O4. The van der Waals surface area contributed by atoms with Crippen LogP contribution in [0.4, 0.5) is 8.78 Å². The van der Waals surface area contributed by atoms with Crippen molar-refractivity contribution in [2.45, 2.75) is 32.5 Å². The summed E-state index contributed by atoms with van der Waals surface area (Å²) in [6, 6.07) is 17.4. The number of hydrogen-bond acceptors (Lipinski definition) is 4. The van der Waals surface area contributed by atoms with Crippen molar-refractivity contribution in [1.82, 2.24) is 0 Å². The lowest BCUT2D eigenvalue weighted by atomic mass is 10.1. The largest absolute Gasteiger partial charge is 0.496 e. The molecule has 3 aromatic rings. The number of alkyl halides is 2. The third kappa shape index (κ3) is 5.77. The van der Waals surface area contributed by atoms with Crippen LogP contribution in [0.5, 0.6) is 17.2 Å². The third-order valence-corrected chi connectivity index (χ3v) is 5.56. The fourth-order valence-electron chi connectivity index (χ4n) is 3.88. The molecule has 0 spiro atoms. The zero-order valence-electron chi connectivity index (χ0n) is 18.2. The molecule has 1 aliphatic carbocycles. The van der Waals surface area contributed by atoms with E-state index < -0.39 is 6.61 Å². The first-order chi connectivity index (χ1) is 16.0. The average Bonchev–Trinajstić information content (AvgIpc) is 3.29. The number of ether oxygens (including phenoxy) is 3. The lowest BCUT2D eigenvalue weighted by molar-refractivity contribution is -0.0498. The van der Waals surface area contributed by atoms with Gasteiger partial charge in [0.2, 0.25) is 0 Å². The number of hydrogen-bond donors (Lipinski definition) is 0. The highest BCUT2D eigenvalue weighted by molar-refractivity contribution is 6.06. The summed E-state index contributed by atoms with van der Waals surface area (Å²) in [5.74, 6) is 1.29. The van der Waals surface area contributed by atoms with Crippen LogP contribution in [-0.4, -0.2) is 19.5 Å². The molecule has 6 heteroatoms. The van der Waals surface area contributed by atoms with Crippen molar-refractivity contribution in [2.75, 3.05) is 7.11 Å². The lowest BCUT2D eigenvalue weighted by Gasteiger charge is -2.12. The van der Waals surface area contributed by atoms with Gasteiger partial charge in [0.25, 0.3) is 0 Å². The van der Waals surface area contributed by atoms with Crippen LogP contribution in [0.15, 0.2) is 66.7 Å². The van der Waals surface area contributed by atoms with Gasteiger partial charge in [-0.25, -0.2) is 0 Å². The molecule has 0 aliphatic heterocycles. The van der Waals surface area contributed by atoms with Gasteiger partial charge in [-0.15, -0.1) is 0 Å². The first-order valence-corrected chi connectivity index (χ1v) is 10.7. The van der Waals surface area contributed by atoms with Crippen LogP contribution < -0.4 is 14.2 Å². The molecule has 3 aromatic carbocycles. The maximum atomic E-state index is 12.4. The highest BCUT2D eigenvalue weighted by Crippen LogP contribution is 2.28. The highest BCUT2D eigenvalue weighted by Gasteiger charge is 2.12. The van der Waals surface area contributed by atoms with Crippen molar-refractivity contribution in [1.29, 1.82) is 0 Å². The van der Waals surface area contributed by atoms with Crippen LogP contribution in [0.2, 0.25) is 0 Å². The Bertz CT molecular complexity index is 1150. The number of halogens is 2. The van der Waals surface area contributed by atoms with E-state index in [-0.39, 0.29) is 11.5 Å². The number of methoxy groups -OCH3 is 1. The van der Waals surface area contributed by atoms with E-state index >= 15 is 0 Å². The van der Waals surface area contributed by atoms with E-state index in [2.05, 4.69) is 16.9 Å². The second kappa shape index (κ2) is 10.3. The fraction of sp³-hybridized carbons (Fsp3) is 0.222. The van der Waals surface area contributed by atoms with Crippen LogP contribution in [0, 0.1) is 0 Å². The Hall–Kier alpha value is -3.67. The van der Waals surface area contributed by atoms with E-state index in [4.69, 9.17) is 9.47 Å². The molecule has 170 valence electrons. The summed E-state index contributed by atoms with van der Waals surface area (Å²) in [7, 11) is 1.61. The second-order valence-electron chi connectivity index (χ2n) is 7.74. The molecule has 0 bridgehead atoms. The normalized spacial score (nSPS) is 12.7. The molecule has 0 atom stereocenters. The zero-order valence-corrected chi connectivity index (χ0v) is 18.2. The fourth-order valence-corrected chi connectivity index (χ4v) is 3.88. The summed E-state index contributed by atoms with van der Waals surface area (Å²) >= 11 is 0. The third-order valence-electron chi connectivity index (χ3n) is 5.56. The van der Waals surface area contributed by atoms with E-state index in [1.165, 1.54) is 47.9 Å². The molecule has 0 N–H and O–H groups in total. The first-order valence-electron chi connectivity index (χ1n) is 10.7. The number of carbonyl (C=O) groups is 1. The monoisotopic (exact) mass is 450 g/mol. The minimum atomic E-state index is -2.90. The molecule has 4 rings (SSSR count). The average molecular weight is 450 g/mol. The van der Waals surface area contributed by atoms with Crippen LogP contribution >= 0.6 is 0 Å². The van der Waals surface area contributed by atoms with Gasteiger partial charge in [-0.1, -0.05) is 18.2 Å². The van der Waals surface area contributed by atoms with Gasteiger partial charge < -0.3 is 14.2 Å². The molecule has 0 heterocycles. The number of aryl methyl sites for hydroxylation is 2. The van der Waals surface area contributed by atoms with Gasteiger partial charge >= 0.3 is 6.61 Å². The summed E-state index contributed by atoms with van der Waals surface area (Å²) in [5, 5.41) is 0. The highest BCUT2D eigenvalue weighted by atomic mass is 19.3. The summed E-state index contributed by atoms with van der Waals surface area (Å²) in [4.78, 5) is 12.4. The summed E-state index contributed by atoms with van der Waals surface area (Å²) in [6.07, 6.45) is 6.55. The summed E-state index contributed by atoms with van der Waals surface area (Å²) in [6.45, 7) is -2.56. The standard InChI is InChI=1S/C27H24F2O4/c1-31-26-14-6-18(5-13-25(30)20-8-10-23(11-9-20)33-27(28)29)15-22(26)17-32-24-12-7-19-3-2-4-21(19)16-24/h5-16,27H,2-4,17H2,1H3/b13-5+. The number of rotatable bonds is 9. The molecule has 0 saturated heterocycles. The van der Waals surface area contributed by atoms with E-state index in [9.17, 15) is 13.6 Å². The molecule has 0 radical (unpaired) electrons. The molecule has 0 fully saturated rings. The van der Waals surface area contributed by atoms with Crippen molar-refractivity contribution in [2.24, 2.45) is 0 Å². The Morgan fingerprint density at radius 2 is 1.73 bits per heavy atom. The molecule has 0 aromatic heterocycles. The minimum Gasteiger partial charge on any atom is -0.496 e. The van der Waals surface area contributed by atoms with E-state index in [0.29, 0.717) is 17.9 Å². The van der Waals surface area contributed by atoms with Crippen LogP contribution in [0.25, 0.3) is 6.08 Å². The summed E-state index contributed by atoms with van der Waals surface area (Å²) in [5.41, 5.74) is 4.80. The van der Waals surface area contributed by atoms with Crippen molar-refractivity contribution in [3.8, 4) is 17.2 Å². The Labute approximate surface area is 191 Å². The first kappa shape index (κ1) is 22.5. The Kier molecular flexibility index (Phi) is 7.03. The molecule has 0 saturated carbocycles. The zero-order chi connectivity index (χ0) is 23.2. The Balaban J connectivity index is 1.43. The van der Waals surface area contributed by atoms with Crippen molar-refractivity contribution < 1.29 is 27.8 Å². The molecule has 0 unspecified atom stereocenters. The van der Waals surface area contributed by atoms with Gasteiger partial charge in [0.1, 0.15) is 23.9 Å². The maximum absolute atomic E-state index is 12.4. The number of allylic oxidation sites excluding steroid dienone is 1. The van der Waals surface area contributed by atoms with Crippen LogP contribution in [-0.2, 0) is 19.4 Å². The predicted octanol–water partition coefficient (Wildman–Crippen LogP) is 6.26. The molecular weight excluding hydrogens is 426 g/mol. The van der Waals surface area contributed by atoms with Gasteiger partial charge in [0.15, 0.2) is 5.78 Å². The smallest absolute Gasteiger partial charge is 0.387 e. The molecule has 0 amide bonds. The Morgan fingerprint density at radius 1 is 0.970 bits per heavy atom. The van der Waals surface area contributed by atoms with Gasteiger partial charge in [-0.05, 0) is 90.6 Å². The van der Waals surface area contributed by atoms with Crippen molar-refractivity contribution in [3.05, 3.63) is 94.6 Å². The van der Waals surface area contributed by atoms with Gasteiger partial charge in [-0.3, -0.25) is 4.79 Å². The lowest BCUT2D eigenvalue weighted by Crippen LogP contribution is -2.02. The maximum Gasteiger partial charge on any atom is 0.387 e. The number of benzene rings is 3. The van der Waals surface area contributed by atoms with Crippen LogP contribution in [0.1, 0.15) is 39.0 Å². The van der Waals surface area contributed by atoms with Gasteiger partial charge in [-0.2, -0.15) is 8.78 Å². The van der Waals surface area contributed by atoms with E-state index in [1.807, 2.05) is 24.3 Å². The van der Waals surface area contributed by atoms with Crippen molar-refractivity contribution in [3.63, 3.8) is 0 Å². The second-order valence-corrected chi connectivity index (χ2v) is 7.74. The molecule has 33 heavy (non-hydrogen) atoms. The van der Waals surface area contributed by atoms with E-state index in [1.54, 1.807) is 13.2 Å². The van der Waals surface area contributed by atoms with Crippen LogP contribution in [0.3, 0.4) is 0 Å². The van der Waals surface area contributed by atoms with Gasteiger partial charge in [0.05, 0.1) is 7.11 Å². The summed E-state index contributed by atoms with van der Waals surface area (Å²) < 4.78 is 40.3. The quantitative estimate of drug-likeness (QED) is 0.285. The van der Waals surface area contributed by atoms with E-state index in [0.717, 1.165) is 29.7 Å². The number of carbonyl (C=O) groups excluding carboxylic acids is 1. The SMILES string of the molecule is COc1ccc(/C=C/C(=O)c2ccc(OC(F)F)cc2)cc1COc1ccc2c(c1)CCC2. The molecule has 4 nitrogen and oxygen atoms in total. The molecule has 1 aliphatic rings. The number of ketones is 1. The van der Waals surface area contributed by atoms with Gasteiger partial charge in [0, 0.05) is 11.1 Å². The number of fused-ring (bicyclic) bond motifs is 1. The topological polar surface area (TPSA) is 44.8 Å². The minimum absolute atomic E-state index is 0.00805. The Morgan fingerprint density at radius 3 is 2.48 bits per heavy atom. The predicted molar refractivity (Wildman–Crippen MR) is 122 cm³/mol. The van der Waals surface area contributed by atoms with Crippen molar-refractivity contribution >= 4 is 11.9 Å².